The van der Waals surface area contributed by atoms with Crippen molar-refractivity contribution < 1.29 is 0 Å². The minimum Gasteiger partial charge on any atom is -0.349 e. The van der Waals surface area contributed by atoms with Gasteiger partial charge >= 0.3 is 0 Å². The predicted molar refractivity (Wildman–Crippen MR) is 77.6 cm³/mol. The summed E-state index contributed by atoms with van der Waals surface area (Å²) in [6, 6.07) is 0.668. The van der Waals surface area contributed by atoms with Gasteiger partial charge in [0.2, 0.25) is 0 Å². The molecule has 0 bridgehead atoms. The number of aromatic amines is 1. The molecule has 0 aliphatic rings. The van der Waals surface area contributed by atoms with Crippen molar-refractivity contribution in [2.45, 2.75) is 59.4 Å². The molecule has 0 atom stereocenters. The van der Waals surface area contributed by atoms with Gasteiger partial charge in [-0.15, -0.1) is 0 Å². The Kier molecular flexibility index (Phi) is 7.02. The third-order valence-corrected chi connectivity index (χ3v) is 3.09. The quantitative estimate of drug-likeness (QED) is 0.660. The van der Waals surface area contributed by atoms with Crippen molar-refractivity contribution >= 4 is 0 Å². The van der Waals surface area contributed by atoms with Crippen LogP contribution in [-0.4, -0.2) is 22.6 Å². The topological polar surface area (TPSA) is 40.7 Å². The number of imidazole rings is 1. The Morgan fingerprint density at radius 1 is 1.17 bits per heavy atom. The average Bonchev–Trinajstić information content (AvgIpc) is 2.75. The Hall–Kier alpha value is -0.830. The van der Waals surface area contributed by atoms with Crippen LogP contribution in [0.2, 0.25) is 0 Å². The lowest BCUT2D eigenvalue weighted by Crippen LogP contribution is -2.32. The highest BCUT2D eigenvalue weighted by Gasteiger charge is 2.11. The molecule has 1 heterocycles. The Morgan fingerprint density at radius 3 is 2.33 bits per heavy atom. The summed E-state index contributed by atoms with van der Waals surface area (Å²) < 4.78 is 0. The zero-order valence-corrected chi connectivity index (χ0v) is 12.4. The molecule has 3 heteroatoms. The van der Waals surface area contributed by atoms with Gasteiger partial charge in [0.15, 0.2) is 0 Å². The lowest BCUT2D eigenvalue weighted by atomic mass is 9.95. The zero-order valence-electron chi connectivity index (χ0n) is 12.4. The number of hydrogen-bond acceptors (Lipinski definition) is 2. The van der Waals surface area contributed by atoms with E-state index in [2.05, 4.69) is 43.0 Å². The van der Waals surface area contributed by atoms with Gasteiger partial charge in [-0.2, -0.15) is 0 Å². The first-order valence-electron chi connectivity index (χ1n) is 7.29. The van der Waals surface area contributed by atoms with Crippen LogP contribution in [0.1, 0.15) is 52.8 Å². The average molecular weight is 251 g/mol. The normalized spacial score (nSPS) is 11.9. The summed E-state index contributed by atoms with van der Waals surface area (Å²) in [4.78, 5) is 7.40. The van der Waals surface area contributed by atoms with Crippen molar-refractivity contribution in [2.75, 3.05) is 6.54 Å². The number of aryl methyl sites for hydroxylation is 1. The third-order valence-electron chi connectivity index (χ3n) is 3.09. The Bertz CT molecular complexity index is 281. The maximum Gasteiger partial charge on any atom is 0.106 e. The molecule has 0 radical (unpaired) electrons. The van der Waals surface area contributed by atoms with Crippen LogP contribution in [0.3, 0.4) is 0 Å². The van der Waals surface area contributed by atoms with Gasteiger partial charge in [-0.25, -0.2) is 4.98 Å². The summed E-state index contributed by atoms with van der Waals surface area (Å²) >= 11 is 0. The lowest BCUT2D eigenvalue weighted by molar-refractivity contribution is 0.358. The molecular weight excluding hydrogens is 222 g/mol. The highest BCUT2D eigenvalue weighted by atomic mass is 14.9. The summed E-state index contributed by atoms with van der Waals surface area (Å²) in [5, 5.41) is 3.70. The summed E-state index contributed by atoms with van der Waals surface area (Å²) in [5.41, 5.74) is 0. The first kappa shape index (κ1) is 15.2. The summed E-state index contributed by atoms with van der Waals surface area (Å²) in [7, 11) is 0. The highest BCUT2D eigenvalue weighted by Crippen LogP contribution is 2.13. The van der Waals surface area contributed by atoms with E-state index in [1.165, 1.54) is 12.8 Å². The van der Waals surface area contributed by atoms with Crippen molar-refractivity contribution in [1.29, 1.82) is 0 Å². The molecule has 0 aromatic carbocycles. The van der Waals surface area contributed by atoms with Crippen molar-refractivity contribution in [3.63, 3.8) is 0 Å². The van der Waals surface area contributed by atoms with Crippen LogP contribution in [-0.2, 0) is 6.42 Å². The van der Waals surface area contributed by atoms with Crippen molar-refractivity contribution in [3.05, 3.63) is 18.2 Å². The smallest absolute Gasteiger partial charge is 0.106 e. The molecule has 0 fully saturated rings. The number of nitrogens with one attached hydrogen (secondary N) is 2. The molecule has 104 valence electrons. The van der Waals surface area contributed by atoms with E-state index in [0.29, 0.717) is 6.04 Å². The first-order valence-corrected chi connectivity index (χ1v) is 7.29. The van der Waals surface area contributed by atoms with Crippen molar-refractivity contribution in [3.8, 4) is 0 Å². The molecule has 1 aromatic rings. The second-order valence-electron chi connectivity index (χ2n) is 6.05. The molecule has 1 aromatic heterocycles. The predicted octanol–water partition coefficient (Wildman–Crippen LogP) is 3.39. The Morgan fingerprint density at radius 2 is 1.83 bits per heavy atom. The van der Waals surface area contributed by atoms with Gasteiger partial charge in [-0.1, -0.05) is 27.7 Å². The number of rotatable bonds is 9. The molecule has 0 saturated carbocycles. The van der Waals surface area contributed by atoms with Crippen LogP contribution in [0.4, 0.5) is 0 Å². The van der Waals surface area contributed by atoms with Gasteiger partial charge in [0.25, 0.3) is 0 Å². The number of aromatic nitrogens is 2. The monoisotopic (exact) mass is 251 g/mol. The van der Waals surface area contributed by atoms with Crippen LogP contribution in [0.15, 0.2) is 12.4 Å². The molecule has 0 amide bonds. The number of nitrogens with zero attached hydrogens (tertiary/aromatic N) is 1. The van der Waals surface area contributed by atoms with Gasteiger partial charge in [0.05, 0.1) is 0 Å². The molecule has 0 unspecified atom stereocenters. The maximum atomic E-state index is 4.25. The van der Waals surface area contributed by atoms with Crippen LogP contribution in [0, 0.1) is 11.8 Å². The standard InChI is InChI=1S/C15H29N3/c1-12(2)10-14(11-13(3)4)16-7-5-6-15-17-8-9-18-15/h8-9,12-14,16H,5-7,10-11H2,1-4H3,(H,17,18). The lowest BCUT2D eigenvalue weighted by Gasteiger charge is -2.22. The summed E-state index contributed by atoms with van der Waals surface area (Å²) in [6.07, 6.45) is 8.46. The minimum atomic E-state index is 0.668. The Balaban J connectivity index is 2.19. The highest BCUT2D eigenvalue weighted by molar-refractivity contribution is 4.86. The fourth-order valence-electron chi connectivity index (χ4n) is 2.40. The molecule has 18 heavy (non-hydrogen) atoms. The molecular formula is C15H29N3. The Labute approximate surface area is 112 Å². The molecule has 1 rings (SSSR count). The van der Waals surface area contributed by atoms with Crippen LogP contribution in [0.25, 0.3) is 0 Å². The van der Waals surface area contributed by atoms with Crippen LogP contribution >= 0.6 is 0 Å². The van der Waals surface area contributed by atoms with Crippen molar-refractivity contribution in [2.24, 2.45) is 11.8 Å². The van der Waals surface area contributed by atoms with Gasteiger partial charge in [0, 0.05) is 24.9 Å². The number of hydrogen-bond donors (Lipinski definition) is 2. The summed E-state index contributed by atoms with van der Waals surface area (Å²) in [5.74, 6) is 2.64. The van der Waals surface area contributed by atoms with E-state index in [9.17, 15) is 0 Å². The molecule has 0 spiro atoms. The van der Waals surface area contributed by atoms with Gasteiger partial charge in [-0.05, 0) is 37.6 Å². The first-order chi connectivity index (χ1) is 8.58. The van der Waals surface area contributed by atoms with E-state index < -0.39 is 0 Å². The van der Waals surface area contributed by atoms with Crippen LogP contribution in [0.5, 0.6) is 0 Å². The van der Waals surface area contributed by atoms with E-state index in [1.807, 2.05) is 12.4 Å². The van der Waals surface area contributed by atoms with E-state index in [-0.39, 0.29) is 0 Å². The van der Waals surface area contributed by atoms with Gasteiger partial charge in [-0.3, -0.25) is 0 Å². The molecule has 0 saturated heterocycles. The van der Waals surface area contributed by atoms with E-state index in [1.54, 1.807) is 0 Å². The second-order valence-corrected chi connectivity index (χ2v) is 6.05. The molecule has 2 N–H and O–H groups in total. The van der Waals surface area contributed by atoms with E-state index >= 15 is 0 Å². The van der Waals surface area contributed by atoms with Crippen molar-refractivity contribution in [1.82, 2.24) is 15.3 Å². The van der Waals surface area contributed by atoms with E-state index in [4.69, 9.17) is 0 Å². The van der Waals surface area contributed by atoms with Crippen LogP contribution < -0.4 is 5.32 Å². The largest absolute Gasteiger partial charge is 0.349 e. The van der Waals surface area contributed by atoms with Gasteiger partial charge < -0.3 is 10.3 Å². The van der Waals surface area contributed by atoms with Gasteiger partial charge in [0.1, 0.15) is 5.82 Å². The minimum absolute atomic E-state index is 0.668. The molecule has 3 nitrogen and oxygen atoms in total. The second kappa shape index (κ2) is 8.30. The summed E-state index contributed by atoms with van der Waals surface area (Å²) in [6.45, 7) is 10.3. The fraction of sp³-hybridized carbons (Fsp3) is 0.800. The van der Waals surface area contributed by atoms with E-state index in [0.717, 1.165) is 37.0 Å². The SMILES string of the molecule is CC(C)CC(CC(C)C)NCCCc1ncc[nH]1. The molecule has 0 aliphatic heterocycles. The number of H-pyrrole nitrogens is 1. The molecule has 0 aliphatic carbocycles. The maximum absolute atomic E-state index is 4.25. The third kappa shape index (κ3) is 6.80. The zero-order chi connectivity index (χ0) is 13.4. The fourth-order valence-corrected chi connectivity index (χ4v) is 2.40.